The van der Waals surface area contributed by atoms with Crippen LogP contribution in [0, 0.1) is 11.8 Å². The monoisotopic (exact) mass is 1400 g/mol. The van der Waals surface area contributed by atoms with Gasteiger partial charge >= 0.3 is 30.1 Å². The van der Waals surface area contributed by atoms with Crippen LogP contribution in [0.2, 0.25) is 0 Å². The molecule has 0 aliphatic carbocycles. The van der Waals surface area contributed by atoms with Crippen molar-refractivity contribution in [2.24, 2.45) is 26.8 Å². The van der Waals surface area contributed by atoms with Crippen molar-refractivity contribution in [1.29, 1.82) is 0 Å². The minimum atomic E-state index is -1.03. The molecule has 2 aromatic carbocycles. The highest BCUT2D eigenvalue weighted by atomic mass is 32.2. The summed E-state index contributed by atoms with van der Waals surface area (Å²) in [6.07, 6.45) is -0.397. The van der Waals surface area contributed by atoms with Crippen LogP contribution in [0.5, 0.6) is 11.5 Å². The van der Waals surface area contributed by atoms with Gasteiger partial charge in [0.1, 0.15) is 63.3 Å². The van der Waals surface area contributed by atoms with E-state index in [9.17, 15) is 34.2 Å². The highest BCUT2D eigenvalue weighted by Crippen LogP contribution is 2.44. The molecule has 0 bridgehead atoms. The highest BCUT2D eigenvalue weighted by molar-refractivity contribution is 8.15. The van der Waals surface area contributed by atoms with Gasteiger partial charge in [-0.05, 0) is 110 Å². The molecule has 0 aromatic heterocycles. The van der Waals surface area contributed by atoms with Crippen LogP contribution >= 0.6 is 35.3 Å². The Balaban J connectivity index is 0.000000308. The zero-order chi connectivity index (χ0) is 70.9. The standard InChI is InChI=1S/C26H38N2O7S.C26H36N2O7S.C11H18N2O5S.2CH4O/c2*1-8-32-20(29)14-13-19-16(2)22(33-15-17-9-11-18(31-7)12-10-17)21-23(34-19)36-24(27-21)28(6)25(30)35-26(3,4)5;1-12-11-13-7-9(16)8(15)5(18-10(7)19-11)3-4-6(14)17-2;2*1-2/h9-12,16,19,21-23H,8,13-15H2,1-7H3;9-14,16,19,21-23H,8,15H2,1-7H3;5,7-10,15-16H,3-4H2,1-2H3,(H,12,13);2*2H,1H3/b;14-13+;;;/t2*16-,19-,21-,22+,23-;5-,7-,8-,9-,10-;;/m111../s1. The first-order valence-corrected chi connectivity index (χ1v) is 33.9. The Morgan fingerprint density at radius 2 is 1.08 bits per heavy atom. The van der Waals surface area contributed by atoms with Crippen molar-refractivity contribution >= 4 is 80.9 Å². The number of fused-ring (bicyclic) bond motifs is 3. The fraction of sp³-hybridized carbons (Fsp3) is 0.662. The first-order valence-electron chi connectivity index (χ1n) is 31.2. The summed E-state index contributed by atoms with van der Waals surface area (Å²) in [7, 11) is 11.5. The molecule has 6 heterocycles. The molecule has 2 amide bonds. The molecule has 8 rings (SSSR count). The third kappa shape index (κ3) is 24.6. The third-order valence-electron chi connectivity index (χ3n) is 15.0. The summed E-state index contributed by atoms with van der Waals surface area (Å²) in [5.74, 6) is 0.372. The Labute approximate surface area is 571 Å². The molecule has 30 heteroatoms. The number of rotatable bonds is 18. The summed E-state index contributed by atoms with van der Waals surface area (Å²) in [5, 5.41) is 38.8. The molecule has 4 fully saturated rings. The van der Waals surface area contributed by atoms with Crippen molar-refractivity contribution < 1.29 is 101 Å². The number of hydrogen-bond acceptors (Lipinski definition) is 27. The van der Waals surface area contributed by atoms with Gasteiger partial charge in [0.05, 0.1) is 84.3 Å². The number of aliphatic hydroxyl groups excluding tert-OH is 4. The molecule has 534 valence electrons. The average Bonchev–Trinajstić information content (AvgIpc) is 1.68. The maximum atomic E-state index is 12.6. The van der Waals surface area contributed by atoms with Crippen LogP contribution in [0.4, 0.5) is 9.59 Å². The van der Waals surface area contributed by atoms with E-state index in [1.165, 1.54) is 58.3 Å². The number of nitrogens with one attached hydrogen (secondary N) is 1. The summed E-state index contributed by atoms with van der Waals surface area (Å²) >= 11 is 4.10. The van der Waals surface area contributed by atoms with E-state index in [1.54, 1.807) is 55.3 Å². The van der Waals surface area contributed by atoms with Crippen LogP contribution in [0.3, 0.4) is 0 Å². The molecule has 0 unspecified atom stereocenters. The number of thioether (sulfide) groups is 3. The number of carbonyl (C=O) groups is 5. The second-order valence-electron chi connectivity index (χ2n) is 24.0. The Bertz CT molecular complexity index is 2860. The Morgan fingerprint density at radius 3 is 1.54 bits per heavy atom. The van der Waals surface area contributed by atoms with Gasteiger partial charge in [-0.15, -0.1) is 0 Å². The normalized spacial score (nSPS) is 27.5. The summed E-state index contributed by atoms with van der Waals surface area (Å²) in [5.41, 5.74) is -0.275. The zero-order valence-corrected chi connectivity index (χ0v) is 60.2. The van der Waals surface area contributed by atoms with Crippen molar-refractivity contribution in [3.63, 3.8) is 0 Å². The molecular weight excluding hydrogens is 1300 g/mol. The number of hydrogen-bond donors (Lipinski definition) is 5. The summed E-state index contributed by atoms with van der Waals surface area (Å²) in [4.78, 5) is 76.7. The van der Waals surface area contributed by atoms with Crippen LogP contribution in [-0.4, -0.2) is 234 Å². The quantitative estimate of drug-likeness (QED) is 0.0554. The molecule has 0 radical (unpaired) electrons. The van der Waals surface area contributed by atoms with E-state index in [0.29, 0.717) is 54.8 Å². The van der Waals surface area contributed by atoms with Crippen LogP contribution in [0.25, 0.3) is 0 Å². The number of methoxy groups -OCH3 is 3. The van der Waals surface area contributed by atoms with Gasteiger partial charge < -0.3 is 82.6 Å². The van der Waals surface area contributed by atoms with Crippen molar-refractivity contribution in [1.82, 2.24) is 15.1 Å². The smallest absolute Gasteiger partial charge is 0.416 e. The minimum absolute atomic E-state index is 0.0329. The Morgan fingerprint density at radius 1 is 0.632 bits per heavy atom. The van der Waals surface area contributed by atoms with Gasteiger partial charge in [0.25, 0.3) is 0 Å². The van der Waals surface area contributed by atoms with Crippen LogP contribution in [0.1, 0.15) is 106 Å². The first-order chi connectivity index (χ1) is 45.1. The molecule has 6 aliphatic heterocycles. The van der Waals surface area contributed by atoms with Crippen LogP contribution in [-0.2, 0) is 75.0 Å². The van der Waals surface area contributed by atoms with Crippen molar-refractivity contribution in [3.05, 3.63) is 71.8 Å². The van der Waals surface area contributed by atoms with E-state index < -0.39 is 59.2 Å². The molecule has 27 nitrogen and oxygen atoms in total. The lowest BCUT2D eigenvalue weighted by Crippen LogP contribution is -2.58. The van der Waals surface area contributed by atoms with Crippen LogP contribution < -0.4 is 14.8 Å². The van der Waals surface area contributed by atoms with Crippen LogP contribution in [0.15, 0.2) is 75.7 Å². The van der Waals surface area contributed by atoms with E-state index in [0.717, 1.165) is 36.8 Å². The largest absolute Gasteiger partial charge is 0.497 e. The number of amides is 2. The highest BCUT2D eigenvalue weighted by Gasteiger charge is 2.52. The summed E-state index contributed by atoms with van der Waals surface area (Å²) < 4.78 is 67.4. The Hall–Kier alpha value is -5.77. The lowest BCUT2D eigenvalue weighted by atomic mass is 9.87. The molecule has 0 spiro atoms. The SMILES string of the molecule is CCOC(=O)/C=C/[C@H]1O[C@@H]2SC(N(C)C(=O)OC(C)(C)C)=N[C@@H]2[C@@H](OCc2ccc(OC)cc2)[C@@H]1C.CCOC(=O)CC[C@H]1O[C@@H]2SC(N(C)C(=O)OC(C)(C)C)=N[C@@H]2[C@@H](OCc2ccc(OC)cc2)[C@@H]1C.CN=C1N[C@@H]2[C@@H](O)[C@H](O)[C@@H](CCC(=O)OC)O[C@@H]2S1.CO.CO. The van der Waals surface area contributed by atoms with E-state index in [1.807, 2.05) is 97.0 Å². The number of aliphatic imine (C=N–C) groups is 3. The lowest BCUT2D eigenvalue weighted by molar-refractivity contribution is -0.162. The Kier molecular flexibility index (Phi) is 34.0. The molecule has 95 heavy (non-hydrogen) atoms. The van der Waals surface area contributed by atoms with Crippen molar-refractivity contribution in [3.8, 4) is 11.5 Å². The van der Waals surface area contributed by atoms with E-state index in [4.69, 9.17) is 72.3 Å². The molecule has 2 aromatic rings. The van der Waals surface area contributed by atoms with Crippen molar-refractivity contribution in [2.75, 3.05) is 69.9 Å². The molecule has 6 aliphatic rings. The van der Waals surface area contributed by atoms with Gasteiger partial charge in [-0.25, -0.2) is 14.4 Å². The first kappa shape index (κ1) is 81.7. The molecule has 0 saturated carbocycles. The van der Waals surface area contributed by atoms with E-state index in [2.05, 4.69) is 22.0 Å². The second-order valence-corrected chi connectivity index (χ2v) is 27.2. The average molecular weight is 1400 g/mol. The fourth-order valence-electron chi connectivity index (χ4n) is 10.1. The maximum Gasteiger partial charge on any atom is 0.416 e. The van der Waals surface area contributed by atoms with E-state index >= 15 is 0 Å². The van der Waals surface area contributed by atoms with Crippen molar-refractivity contribution in [2.45, 2.75) is 196 Å². The minimum Gasteiger partial charge on any atom is -0.497 e. The second kappa shape index (κ2) is 39.6. The molecule has 5 N–H and O–H groups in total. The third-order valence-corrected chi connectivity index (χ3v) is 18.6. The van der Waals surface area contributed by atoms with Gasteiger partial charge in [0, 0.05) is 66.1 Å². The van der Waals surface area contributed by atoms with Gasteiger partial charge in [0.15, 0.2) is 15.5 Å². The van der Waals surface area contributed by atoms with Gasteiger partial charge in [-0.3, -0.25) is 34.4 Å². The molecular formula is C65H100N6O21S3. The number of nitrogens with zero attached hydrogens (tertiary/aromatic N) is 5. The number of amidine groups is 3. The number of aliphatic hydroxyl groups is 4. The number of ether oxygens (including phenoxy) is 12. The summed E-state index contributed by atoms with van der Waals surface area (Å²) in [6.45, 7) is 19.9. The zero-order valence-electron chi connectivity index (χ0n) is 57.8. The van der Waals surface area contributed by atoms with Gasteiger partial charge in [0.2, 0.25) is 0 Å². The predicted octanol–water partition coefficient (Wildman–Crippen LogP) is 7.32. The number of esters is 3. The lowest BCUT2D eigenvalue weighted by Gasteiger charge is -2.41. The fourth-order valence-corrected chi connectivity index (χ4v) is 13.6. The van der Waals surface area contributed by atoms with Gasteiger partial charge in [-0.2, -0.15) is 0 Å². The maximum absolute atomic E-state index is 12.6. The van der Waals surface area contributed by atoms with E-state index in [-0.39, 0.29) is 83.9 Å². The van der Waals surface area contributed by atoms with Gasteiger partial charge in [-0.1, -0.05) is 73.4 Å². The summed E-state index contributed by atoms with van der Waals surface area (Å²) in [6, 6.07) is 14.4. The predicted molar refractivity (Wildman–Crippen MR) is 362 cm³/mol. The number of carbonyl (C=O) groups excluding carboxylic acids is 5. The number of benzene rings is 2. The molecule has 4 saturated heterocycles. The topological polar surface area (TPSA) is 333 Å². The molecule has 15 atom stereocenters.